The molecule has 134 valence electrons. The van der Waals surface area contributed by atoms with Crippen molar-refractivity contribution in [1.82, 2.24) is 20.0 Å². The van der Waals surface area contributed by atoms with Gasteiger partial charge in [-0.25, -0.2) is 0 Å². The number of guanidine groups is 1. The van der Waals surface area contributed by atoms with Gasteiger partial charge in [0.2, 0.25) is 0 Å². The van der Waals surface area contributed by atoms with Crippen molar-refractivity contribution in [2.45, 2.75) is 58.4 Å². The summed E-state index contributed by atoms with van der Waals surface area (Å²) in [5.41, 5.74) is 3.04. The maximum absolute atomic E-state index is 4.62. The fraction of sp³-hybridized carbons (Fsp3) is 0.789. The minimum absolute atomic E-state index is 0.442. The number of hydrogen-bond acceptors (Lipinski definition) is 2. The van der Waals surface area contributed by atoms with Gasteiger partial charge in [0, 0.05) is 46.0 Å². The molecule has 0 amide bonds. The van der Waals surface area contributed by atoms with Crippen molar-refractivity contribution >= 4 is 5.96 Å². The summed E-state index contributed by atoms with van der Waals surface area (Å²) >= 11 is 0. The average molecular weight is 332 g/mol. The fourth-order valence-corrected chi connectivity index (χ4v) is 4.19. The maximum atomic E-state index is 4.62. The van der Waals surface area contributed by atoms with Crippen LogP contribution in [-0.2, 0) is 13.6 Å². The van der Waals surface area contributed by atoms with Crippen molar-refractivity contribution in [1.29, 1.82) is 0 Å². The number of hydrogen-bond donors (Lipinski definition) is 1. The molecule has 0 unspecified atom stereocenters. The zero-order valence-electron chi connectivity index (χ0n) is 16.0. The van der Waals surface area contributed by atoms with E-state index in [0.29, 0.717) is 11.3 Å². The van der Waals surface area contributed by atoms with Crippen LogP contribution in [0.4, 0.5) is 0 Å². The minimum atomic E-state index is 0.442. The van der Waals surface area contributed by atoms with E-state index in [1.54, 1.807) is 0 Å². The van der Waals surface area contributed by atoms with Crippen LogP contribution in [-0.4, -0.2) is 41.3 Å². The van der Waals surface area contributed by atoms with Crippen LogP contribution in [0.15, 0.2) is 11.2 Å². The molecule has 0 saturated heterocycles. The molecule has 1 aromatic rings. The number of aryl methyl sites for hydroxylation is 1. The molecule has 1 N–H and O–H groups in total. The van der Waals surface area contributed by atoms with Gasteiger partial charge in [-0.1, -0.05) is 20.3 Å². The van der Waals surface area contributed by atoms with Gasteiger partial charge in [-0.3, -0.25) is 9.67 Å². The molecule has 0 atom stereocenters. The third kappa shape index (κ3) is 3.45. The zero-order valence-corrected chi connectivity index (χ0v) is 16.0. The van der Waals surface area contributed by atoms with Crippen molar-refractivity contribution in [2.24, 2.45) is 23.4 Å². The molecule has 2 saturated carbocycles. The van der Waals surface area contributed by atoms with Gasteiger partial charge in [-0.15, -0.1) is 0 Å². The Morgan fingerprint density at radius 3 is 2.67 bits per heavy atom. The summed E-state index contributed by atoms with van der Waals surface area (Å²) in [6.45, 7) is 6.33. The van der Waals surface area contributed by atoms with E-state index >= 15 is 0 Å². The van der Waals surface area contributed by atoms with Gasteiger partial charge in [0.15, 0.2) is 5.96 Å². The lowest BCUT2D eigenvalue weighted by Gasteiger charge is -2.43. The SMILES string of the molecule is CN=C(NCC1(C2CC2)CCC1)N(C)Cc1cn(C)nc1C(C)C. The molecule has 2 fully saturated rings. The first-order chi connectivity index (χ1) is 11.4. The van der Waals surface area contributed by atoms with Crippen LogP contribution in [0.25, 0.3) is 0 Å². The smallest absolute Gasteiger partial charge is 0.193 e. The van der Waals surface area contributed by atoms with Gasteiger partial charge in [-0.05, 0) is 42.9 Å². The average Bonchev–Trinajstić information content (AvgIpc) is 3.25. The molecule has 0 aromatic carbocycles. The predicted molar refractivity (Wildman–Crippen MR) is 99.1 cm³/mol. The zero-order chi connectivity index (χ0) is 17.3. The summed E-state index contributed by atoms with van der Waals surface area (Å²) < 4.78 is 1.92. The van der Waals surface area contributed by atoms with Crippen molar-refractivity contribution in [3.8, 4) is 0 Å². The fourth-order valence-electron chi connectivity index (χ4n) is 4.19. The van der Waals surface area contributed by atoms with Crippen LogP contribution in [0.2, 0.25) is 0 Å². The summed E-state index contributed by atoms with van der Waals surface area (Å²) in [6, 6.07) is 0. The number of nitrogens with zero attached hydrogens (tertiary/aromatic N) is 4. The van der Waals surface area contributed by atoms with Gasteiger partial charge >= 0.3 is 0 Å². The molecule has 2 aliphatic rings. The molecule has 0 bridgehead atoms. The van der Waals surface area contributed by atoms with Crippen molar-refractivity contribution in [3.63, 3.8) is 0 Å². The van der Waals surface area contributed by atoms with Gasteiger partial charge in [-0.2, -0.15) is 5.10 Å². The highest BCUT2D eigenvalue weighted by atomic mass is 15.3. The highest BCUT2D eigenvalue weighted by Crippen LogP contribution is 2.56. The summed E-state index contributed by atoms with van der Waals surface area (Å²) in [5.74, 6) is 2.41. The Morgan fingerprint density at radius 2 is 2.17 bits per heavy atom. The van der Waals surface area contributed by atoms with E-state index in [2.05, 4.69) is 47.4 Å². The van der Waals surface area contributed by atoms with Crippen LogP contribution in [0, 0.1) is 11.3 Å². The van der Waals surface area contributed by atoms with Crippen LogP contribution in [0.5, 0.6) is 0 Å². The topological polar surface area (TPSA) is 45.5 Å². The summed E-state index contributed by atoms with van der Waals surface area (Å²) in [6.07, 6.45) is 9.20. The van der Waals surface area contributed by atoms with E-state index < -0.39 is 0 Å². The van der Waals surface area contributed by atoms with E-state index in [-0.39, 0.29) is 0 Å². The lowest BCUT2D eigenvalue weighted by molar-refractivity contribution is 0.105. The third-order valence-corrected chi connectivity index (χ3v) is 5.86. The standard InChI is InChI=1S/C19H33N5/c1-14(2)17-15(12-24(5)22-17)11-23(4)18(20-3)21-13-19(9-6-10-19)16-7-8-16/h12,14,16H,6-11,13H2,1-5H3,(H,20,21). The lowest BCUT2D eigenvalue weighted by atomic mass is 9.65. The second kappa shape index (κ2) is 6.77. The number of nitrogens with one attached hydrogen (secondary N) is 1. The first-order valence-corrected chi connectivity index (χ1v) is 9.39. The summed E-state index contributed by atoms with van der Waals surface area (Å²) in [4.78, 5) is 6.74. The van der Waals surface area contributed by atoms with Crippen molar-refractivity contribution < 1.29 is 0 Å². The molecule has 0 spiro atoms. The number of aliphatic imine (C=N–C) groups is 1. The monoisotopic (exact) mass is 331 g/mol. The molecule has 3 rings (SSSR count). The molecule has 24 heavy (non-hydrogen) atoms. The van der Waals surface area contributed by atoms with Crippen LogP contribution < -0.4 is 5.32 Å². The summed E-state index contributed by atoms with van der Waals surface area (Å²) in [7, 11) is 6.01. The van der Waals surface area contributed by atoms with Crippen molar-refractivity contribution in [3.05, 3.63) is 17.5 Å². The molecule has 1 heterocycles. The van der Waals surface area contributed by atoms with E-state index in [0.717, 1.165) is 25.0 Å². The van der Waals surface area contributed by atoms with Crippen LogP contribution in [0.3, 0.4) is 0 Å². The Labute approximate surface area is 146 Å². The highest BCUT2D eigenvalue weighted by Gasteiger charge is 2.48. The molecule has 5 heteroatoms. The van der Waals surface area contributed by atoms with Crippen molar-refractivity contribution in [2.75, 3.05) is 20.6 Å². The number of rotatable bonds is 6. The molecule has 1 aromatic heterocycles. The Kier molecular flexibility index (Phi) is 4.88. The minimum Gasteiger partial charge on any atom is -0.356 e. The molecule has 0 aliphatic heterocycles. The molecule has 5 nitrogen and oxygen atoms in total. The van der Waals surface area contributed by atoms with E-state index in [1.165, 1.54) is 43.4 Å². The largest absolute Gasteiger partial charge is 0.356 e. The normalized spacial score (nSPS) is 20.2. The van der Waals surface area contributed by atoms with Gasteiger partial charge in [0.05, 0.1) is 5.69 Å². The van der Waals surface area contributed by atoms with Gasteiger partial charge < -0.3 is 10.2 Å². The van der Waals surface area contributed by atoms with E-state index in [1.807, 2.05) is 18.8 Å². The quantitative estimate of drug-likeness (QED) is 0.643. The predicted octanol–water partition coefficient (Wildman–Crippen LogP) is 3.13. The van der Waals surface area contributed by atoms with Gasteiger partial charge in [0.25, 0.3) is 0 Å². The first-order valence-electron chi connectivity index (χ1n) is 9.39. The Bertz CT molecular complexity index is 593. The Balaban J connectivity index is 1.61. The second-order valence-electron chi connectivity index (χ2n) is 8.11. The highest BCUT2D eigenvalue weighted by molar-refractivity contribution is 5.79. The molecule has 2 aliphatic carbocycles. The first kappa shape index (κ1) is 17.3. The van der Waals surface area contributed by atoms with Gasteiger partial charge in [0.1, 0.15) is 0 Å². The van der Waals surface area contributed by atoms with E-state index in [4.69, 9.17) is 0 Å². The molecular weight excluding hydrogens is 298 g/mol. The molecule has 0 radical (unpaired) electrons. The third-order valence-electron chi connectivity index (χ3n) is 5.86. The lowest BCUT2D eigenvalue weighted by Crippen LogP contribution is -2.47. The second-order valence-corrected chi connectivity index (χ2v) is 8.11. The number of aromatic nitrogens is 2. The Morgan fingerprint density at radius 1 is 1.46 bits per heavy atom. The van der Waals surface area contributed by atoms with Crippen LogP contribution in [0.1, 0.15) is 63.1 Å². The maximum Gasteiger partial charge on any atom is 0.193 e. The molecular formula is C19H33N5. The van der Waals surface area contributed by atoms with Crippen LogP contribution >= 0.6 is 0 Å². The van der Waals surface area contributed by atoms with E-state index in [9.17, 15) is 0 Å². The Hall–Kier alpha value is -1.52. The summed E-state index contributed by atoms with van der Waals surface area (Å²) in [5, 5.41) is 8.27.